The van der Waals surface area contributed by atoms with Crippen LogP contribution in [0.25, 0.3) is 0 Å². The first-order valence-electron chi connectivity index (χ1n) is 9.05. The Morgan fingerprint density at radius 2 is 1.80 bits per heavy atom. The number of benzene rings is 2. The number of aliphatic hydroxyl groups excluding tert-OH is 1. The van der Waals surface area contributed by atoms with E-state index in [1.54, 1.807) is 6.92 Å². The number of aryl methyl sites for hydroxylation is 1. The minimum Gasteiger partial charge on any atom is -0.393 e. The molecule has 0 unspecified atom stereocenters. The largest absolute Gasteiger partial charge is 0.393 e. The van der Waals surface area contributed by atoms with Crippen molar-refractivity contribution in [3.05, 3.63) is 70.5 Å². The third-order valence-corrected chi connectivity index (χ3v) is 4.94. The van der Waals surface area contributed by atoms with Crippen LogP contribution in [-0.2, 0) is 19.6 Å². The van der Waals surface area contributed by atoms with Gasteiger partial charge in [0.25, 0.3) is 0 Å². The van der Waals surface area contributed by atoms with Gasteiger partial charge >= 0.3 is 0 Å². The third kappa shape index (κ3) is 5.11. The molecule has 0 radical (unpaired) electrons. The molecule has 0 spiro atoms. The zero-order chi connectivity index (χ0) is 17.6. The first kappa shape index (κ1) is 18.1. The summed E-state index contributed by atoms with van der Waals surface area (Å²) < 4.78 is 13.3. The number of nitrogens with zero attached hydrogens (tertiary/aromatic N) is 1. The van der Waals surface area contributed by atoms with Gasteiger partial charge in [-0.3, -0.25) is 4.90 Å². The number of rotatable bonds is 6. The van der Waals surface area contributed by atoms with Gasteiger partial charge < -0.3 is 10.4 Å². The molecule has 1 aliphatic rings. The van der Waals surface area contributed by atoms with E-state index in [1.807, 2.05) is 12.1 Å². The molecular formula is C21H27FN2O. The summed E-state index contributed by atoms with van der Waals surface area (Å²) in [6.45, 7) is 6.16. The minimum absolute atomic E-state index is 0.132. The number of hydrogen-bond donors (Lipinski definition) is 2. The van der Waals surface area contributed by atoms with Crippen LogP contribution in [0.2, 0.25) is 0 Å². The summed E-state index contributed by atoms with van der Waals surface area (Å²) in [7, 11) is 0. The summed E-state index contributed by atoms with van der Waals surface area (Å²) in [4.78, 5) is 2.41. The van der Waals surface area contributed by atoms with E-state index in [0.29, 0.717) is 5.56 Å². The first-order chi connectivity index (χ1) is 12.1. The fourth-order valence-electron chi connectivity index (χ4n) is 3.36. The average Bonchev–Trinajstić information content (AvgIpc) is 2.61. The Morgan fingerprint density at radius 1 is 1.08 bits per heavy atom. The highest BCUT2D eigenvalue weighted by Gasteiger charge is 2.17. The maximum atomic E-state index is 13.3. The summed E-state index contributed by atoms with van der Waals surface area (Å²) in [5, 5.41) is 13.1. The molecule has 3 nitrogen and oxygen atoms in total. The van der Waals surface area contributed by atoms with Crippen molar-refractivity contribution < 1.29 is 9.50 Å². The van der Waals surface area contributed by atoms with Gasteiger partial charge in [0.05, 0.1) is 6.10 Å². The van der Waals surface area contributed by atoms with Gasteiger partial charge in [0, 0.05) is 32.7 Å². The van der Waals surface area contributed by atoms with Crippen LogP contribution in [0, 0.1) is 12.7 Å². The van der Waals surface area contributed by atoms with Crippen molar-refractivity contribution in [1.29, 1.82) is 0 Å². The van der Waals surface area contributed by atoms with Crippen LogP contribution in [0.1, 0.15) is 35.1 Å². The molecule has 3 rings (SSSR count). The molecule has 25 heavy (non-hydrogen) atoms. The van der Waals surface area contributed by atoms with Crippen molar-refractivity contribution in [3.8, 4) is 0 Å². The second-order valence-corrected chi connectivity index (χ2v) is 6.96. The molecular weight excluding hydrogens is 315 g/mol. The van der Waals surface area contributed by atoms with Crippen LogP contribution >= 0.6 is 0 Å². The smallest absolute Gasteiger partial charge is 0.126 e. The Balaban J connectivity index is 1.56. The Hall–Kier alpha value is -1.75. The second-order valence-electron chi connectivity index (χ2n) is 6.96. The predicted molar refractivity (Wildman–Crippen MR) is 98.6 cm³/mol. The van der Waals surface area contributed by atoms with E-state index in [4.69, 9.17) is 0 Å². The van der Waals surface area contributed by atoms with Crippen LogP contribution < -0.4 is 5.32 Å². The number of halogens is 1. The fraction of sp³-hybridized carbons (Fsp3) is 0.429. The topological polar surface area (TPSA) is 35.5 Å². The molecule has 2 aromatic carbocycles. The standard InChI is InChI=1S/C21H27FN2O/c1-16-12-17(6-7-21(16)22)13-23-14-18-4-2-3-5-19(18)15-24-10-8-20(25)9-11-24/h2-7,12,20,23,25H,8-11,13-15H2,1H3. The van der Waals surface area contributed by atoms with E-state index in [1.165, 1.54) is 17.2 Å². The predicted octanol–water partition coefficient (Wildman–Crippen LogP) is 3.38. The van der Waals surface area contributed by atoms with Crippen LogP contribution in [0.15, 0.2) is 42.5 Å². The number of nitrogens with one attached hydrogen (secondary N) is 1. The Morgan fingerprint density at radius 3 is 2.52 bits per heavy atom. The van der Waals surface area contributed by atoms with Gasteiger partial charge in [-0.05, 0) is 48.1 Å². The van der Waals surface area contributed by atoms with E-state index < -0.39 is 0 Å². The van der Waals surface area contributed by atoms with Gasteiger partial charge in [-0.2, -0.15) is 0 Å². The van der Waals surface area contributed by atoms with Gasteiger partial charge in [0.2, 0.25) is 0 Å². The quantitative estimate of drug-likeness (QED) is 0.845. The molecule has 0 bridgehead atoms. The monoisotopic (exact) mass is 342 g/mol. The van der Waals surface area contributed by atoms with Crippen molar-refractivity contribution >= 4 is 0 Å². The van der Waals surface area contributed by atoms with Crippen molar-refractivity contribution in [2.75, 3.05) is 13.1 Å². The van der Waals surface area contributed by atoms with E-state index in [0.717, 1.165) is 51.1 Å². The Kier molecular flexibility index (Phi) is 6.19. The Labute approximate surface area is 149 Å². The van der Waals surface area contributed by atoms with Crippen molar-refractivity contribution in [2.24, 2.45) is 0 Å². The van der Waals surface area contributed by atoms with Gasteiger partial charge in [-0.25, -0.2) is 4.39 Å². The molecule has 0 aromatic heterocycles. The lowest BCUT2D eigenvalue weighted by molar-refractivity contribution is 0.0791. The van der Waals surface area contributed by atoms with Gasteiger partial charge in [-0.15, -0.1) is 0 Å². The molecule has 0 aliphatic carbocycles. The zero-order valence-electron chi connectivity index (χ0n) is 14.8. The van der Waals surface area contributed by atoms with Crippen molar-refractivity contribution in [1.82, 2.24) is 10.2 Å². The molecule has 0 amide bonds. The molecule has 1 saturated heterocycles. The summed E-state index contributed by atoms with van der Waals surface area (Å²) in [5.74, 6) is -0.152. The zero-order valence-corrected chi connectivity index (χ0v) is 14.8. The second kappa shape index (κ2) is 8.56. The molecule has 0 atom stereocenters. The summed E-state index contributed by atoms with van der Waals surface area (Å²) in [6, 6.07) is 13.8. The first-order valence-corrected chi connectivity index (χ1v) is 9.05. The van der Waals surface area contributed by atoms with E-state index >= 15 is 0 Å². The minimum atomic E-state index is -0.152. The van der Waals surface area contributed by atoms with E-state index in [9.17, 15) is 9.50 Å². The molecule has 0 saturated carbocycles. The summed E-state index contributed by atoms with van der Waals surface area (Å²) >= 11 is 0. The van der Waals surface area contributed by atoms with E-state index in [-0.39, 0.29) is 11.9 Å². The molecule has 4 heteroatoms. The van der Waals surface area contributed by atoms with E-state index in [2.05, 4.69) is 34.5 Å². The van der Waals surface area contributed by atoms with Crippen LogP contribution in [0.5, 0.6) is 0 Å². The molecule has 2 N–H and O–H groups in total. The van der Waals surface area contributed by atoms with Gasteiger partial charge in [-0.1, -0.05) is 36.4 Å². The van der Waals surface area contributed by atoms with Crippen molar-refractivity contribution in [3.63, 3.8) is 0 Å². The fourth-order valence-corrected chi connectivity index (χ4v) is 3.36. The van der Waals surface area contributed by atoms with Crippen LogP contribution in [-0.4, -0.2) is 29.2 Å². The maximum Gasteiger partial charge on any atom is 0.126 e. The third-order valence-electron chi connectivity index (χ3n) is 4.94. The maximum absolute atomic E-state index is 13.3. The molecule has 2 aromatic rings. The Bertz CT molecular complexity index is 696. The summed E-state index contributed by atoms with van der Waals surface area (Å²) in [6.07, 6.45) is 1.60. The van der Waals surface area contributed by atoms with Gasteiger partial charge in [0.15, 0.2) is 0 Å². The normalized spacial score (nSPS) is 16.3. The lowest BCUT2D eigenvalue weighted by Crippen LogP contribution is -2.35. The SMILES string of the molecule is Cc1cc(CNCc2ccccc2CN2CCC(O)CC2)ccc1F. The molecule has 1 fully saturated rings. The number of hydrogen-bond acceptors (Lipinski definition) is 3. The number of piperidine rings is 1. The highest BCUT2D eigenvalue weighted by molar-refractivity contribution is 5.28. The van der Waals surface area contributed by atoms with Crippen molar-refractivity contribution in [2.45, 2.75) is 45.5 Å². The number of aliphatic hydroxyl groups is 1. The molecule has 1 aliphatic heterocycles. The molecule has 1 heterocycles. The highest BCUT2D eigenvalue weighted by Crippen LogP contribution is 2.17. The lowest BCUT2D eigenvalue weighted by Gasteiger charge is -2.30. The van der Waals surface area contributed by atoms with Gasteiger partial charge in [0.1, 0.15) is 5.82 Å². The summed E-state index contributed by atoms with van der Waals surface area (Å²) in [5.41, 5.74) is 4.42. The average molecular weight is 342 g/mol. The lowest BCUT2D eigenvalue weighted by atomic mass is 10.0. The van der Waals surface area contributed by atoms with Crippen LogP contribution in [0.4, 0.5) is 4.39 Å². The number of likely N-dealkylation sites (tertiary alicyclic amines) is 1. The highest BCUT2D eigenvalue weighted by atomic mass is 19.1. The molecule has 134 valence electrons. The van der Waals surface area contributed by atoms with Crippen LogP contribution in [0.3, 0.4) is 0 Å².